The van der Waals surface area contributed by atoms with E-state index in [2.05, 4.69) is 147 Å². The Morgan fingerprint density at radius 1 is 0.483 bits per heavy atom. The minimum atomic E-state index is -0.179. The first-order valence-corrected chi connectivity index (χ1v) is 23.6. The Morgan fingerprint density at radius 2 is 1.12 bits per heavy atom. The van der Waals surface area contributed by atoms with Crippen LogP contribution in [0.5, 0.6) is 0 Å². The lowest BCUT2D eigenvalue weighted by Gasteiger charge is -2.61. The van der Waals surface area contributed by atoms with Gasteiger partial charge in [-0.2, -0.15) is 0 Å². The summed E-state index contributed by atoms with van der Waals surface area (Å²) in [6.07, 6.45) is 12.8. The molecule has 2 spiro atoms. The first kappa shape index (κ1) is 36.9. The average Bonchev–Trinajstić information content (AvgIpc) is 3.74. The predicted octanol–water partition coefficient (Wildman–Crippen LogP) is 15.8. The molecule has 0 aromatic heterocycles. The highest BCUT2D eigenvalue weighted by Crippen LogP contribution is 2.71. The van der Waals surface area contributed by atoms with E-state index in [0.29, 0.717) is 23.7 Å². The molecule has 0 amide bonds. The van der Waals surface area contributed by atoms with Gasteiger partial charge >= 0.3 is 0 Å². The summed E-state index contributed by atoms with van der Waals surface area (Å²) in [6, 6.07) is 50.0. The molecule has 7 aliphatic rings. The first-order valence-electron chi connectivity index (χ1n) is 23.6. The van der Waals surface area contributed by atoms with Crippen LogP contribution in [0.2, 0.25) is 0 Å². The third-order valence-electron chi connectivity index (χ3n) is 17.5. The molecule has 6 aromatic rings. The van der Waals surface area contributed by atoms with Crippen LogP contribution in [0.1, 0.15) is 107 Å². The van der Waals surface area contributed by atoms with E-state index in [4.69, 9.17) is 0 Å². The van der Waals surface area contributed by atoms with E-state index in [0.717, 1.165) is 30.6 Å². The standard InChI is InChI=1S/C58H58FN/c1-4-36-28-41(5-2)57(42(6-3)29-36)52-26-24-47(35-50(52)48-25-21-45(59)34-54(48)57)60(46-22-19-40(20-23-46)39-13-8-7-9-14-39)55-18-12-17-53-56(55)49-15-10-11-16-51(49)58(53)43-30-37-27-38(32-43)33-44(58)31-37/h7-26,34-38,41-44H,4-6,27-33H2,1-3H3. The fraction of sp³-hybridized carbons (Fsp3) is 0.379. The molecule has 0 aliphatic heterocycles. The largest absolute Gasteiger partial charge is 0.310 e. The molecule has 0 saturated heterocycles. The quantitative estimate of drug-likeness (QED) is 0.156. The Balaban J connectivity index is 1.08. The van der Waals surface area contributed by atoms with E-state index >= 15 is 4.39 Å². The van der Waals surface area contributed by atoms with Gasteiger partial charge in [-0.1, -0.05) is 131 Å². The van der Waals surface area contributed by atoms with Gasteiger partial charge in [-0.15, -0.1) is 0 Å². The number of hydrogen-bond donors (Lipinski definition) is 0. The Kier molecular flexibility index (Phi) is 8.47. The fourth-order valence-electron chi connectivity index (χ4n) is 15.5. The summed E-state index contributed by atoms with van der Waals surface area (Å²) in [5.41, 5.74) is 17.2. The second-order valence-electron chi connectivity index (χ2n) is 19.9. The zero-order valence-corrected chi connectivity index (χ0v) is 35.6. The summed E-state index contributed by atoms with van der Waals surface area (Å²) in [4.78, 5) is 2.58. The number of halogens is 1. The number of nitrogens with zero attached hydrogens (tertiary/aromatic N) is 1. The number of anilines is 3. The molecule has 7 aliphatic carbocycles. The summed E-state index contributed by atoms with van der Waals surface area (Å²) in [7, 11) is 0. The van der Waals surface area contributed by atoms with Crippen molar-refractivity contribution in [3.05, 3.63) is 162 Å². The highest BCUT2D eigenvalue weighted by atomic mass is 19.1. The SMILES string of the molecule is CCC1CC(CC)C2(c3ccc(N(c4ccc(-c5ccccc5)cc4)c4cccc5c4-c4ccccc4C54C5CC6CC(C5)CC4C6)cc3-c3ccc(F)cc32)C(CC)C1. The van der Waals surface area contributed by atoms with Crippen LogP contribution in [0.15, 0.2) is 133 Å². The molecule has 1 nitrogen and oxygen atoms in total. The van der Waals surface area contributed by atoms with Gasteiger partial charge in [0, 0.05) is 27.8 Å². The van der Waals surface area contributed by atoms with Gasteiger partial charge in [-0.05, 0) is 179 Å². The predicted molar refractivity (Wildman–Crippen MR) is 247 cm³/mol. The van der Waals surface area contributed by atoms with Crippen molar-refractivity contribution in [3.8, 4) is 33.4 Å². The highest BCUT2D eigenvalue weighted by Gasteiger charge is 2.62. The van der Waals surface area contributed by atoms with E-state index in [-0.39, 0.29) is 16.6 Å². The Morgan fingerprint density at radius 3 is 1.82 bits per heavy atom. The van der Waals surface area contributed by atoms with Crippen molar-refractivity contribution in [1.82, 2.24) is 0 Å². The van der Waals surface area contributed by atoms with Gasteiger partial charge in [0.1, 0.15) is 5.82 Å². The van der Waals surface area contributed by atoms with Crippen molar-refractivity contribution in [2.75, 3.05) is 4.90 Å². The minimum absolute atomic E-state index is 0.0905. The van der Waals surface area contributed by atoms with Crippen LogP contribution in [0, 0.1) is 47.2 Å². The van der Waals surface area contributed by atoms with Crippen LogP contribution in [0.4, 0.5) is 21.5 Å². The molecule has 2 heteroatoms. The lowest BCUT2D eigenvalue weighted by molar-refractivity contribution is -0.0399. The summed E-state index contributed by atoms with van der Waals surface area (Å²) >= 11 is 0. The first-order chi connectivity index (χ1) is 29.5. The van der Waals surface area contributed by atoms with Crippen LogP contribution < -0.4 is 4.90 Å². The molecular weight excluding hydrogens is 730 g/mol. The third kappa shape index (κ3) is 4.97. The summed E-state index contributed by atoms with van der Waals surface area (Å²) in [5, 5.41) is 0. The molecule has 5 saturated carbocycles. The Labute approximate surface area is 357 Å². The second-order valence-corrected chi connectivity index (χ2v) is 19.9. The number of fused-ring (bicyclic) bond motifs is 8. The van der Waals surface area contributed by atoms with Crippen molar-refractivity contribution < 1.29 is 4.39 Å². The van der Waals surface area contributed by atoms with Crippen LogP contribution in [-0.4, -0.2) is 0 Å². The van der Waals surface area contributed by atoms with Gasteiger partial charge in [-0.25, -0.2) is 4.39 Å². The van der Waals surface area contributed by atoms with Gasteiger partial charge in [0.05, 0.1) is 5.69 Å². The molecule has 2 unspecified atom stereocenters. The molecule has 302 valence electrons. The summed E-state index contributed by atoms with van der Waals surface area (Å²) in [6.45, 7) is 7.14. The van der Waals surface area contributed by atoms with Gasteiger partial charge in [-0.3, -0.25) is 0 Å². The zero-order chi connectivity index (χ0) is 40.3. The third-order valence-corrected chi connectivity index (χ3v) is 17.5. The van der Waals surface area contributed by atoms with E-state index in [9.17, 15) is 0 Å². The minimum Gasteiger partial charge on any atom is -0.310 e. The number of rotatable bonds is 7. The molecule has 13 rings (SSSR count). The smallest absolute Gasteiger partial charge is 0.123 e. The average molecular weight is 788 g/mol. The van der Waals surface area contributed by atoms with E-state index in [1.165, 1.54) is 113 Å². The molecule has 2 atom stereocenters. The topological polar surface area (TPSA) is 3.24 Å². The molecule has 4 bridgehead atoms. The lowest BCUT2D eigenvalue weighted by atomic mass is 9.43. The summed E-state index contributed by atoms with van der Waals surface area (Å²) in [5.74, 6) is 4.78. The van der Waals surface area contributed by atoms with Crippen LogP contribution in [0.3, 0.4) is 0 Å². The van der Waals surface area contributed by atoms with Gasteiger partial charge in [0.25, 0.3) is 0 Å². The number of benzene rings is 6. The van der Waals surface area contributed by atoms with Gasteiger partial charge in [0.15, 0.2) is 0 Å². The van der Waals surface area contributed by atoms with Crippen LogP contribution in [-0.2, 0) is 10.8 Å². The van der Waals surface area contributed by atoms with Crippen molar-refractivity contribution >= 4 is 17.1 Å². The molecular formula is C58H58FN. The maximum Gasteiger partial charge on any atom is 0.123 e. The fourth-order valence-corrected chi connectivity index (χ4v) is 15.5. The van der Waals surface area contributed by atoms with Crippen molar-refractivity contribution in [2.24, 2.45) is 41.4 Å². The molecule has 5 fully saturated rings. The van der Waals surface area contributed by atoms with Crippen LogP contribution in [0.25, 0.3) is 33.4 Å². The van der Waals surface area contributed by atoms with Crippen molar-refractivity contribution in [1.29, 1.82) is 0 Å². The highest BCUT2D eigenvalue weighted by molar-refractivity contribution is 5.97. The lowest BCUT2D eigenvalue weighted by Crippen LogP contribution is -2.55. The molecule has 0 N–H and O–H groups in total. The second kappa shape index (κ2) is 13.8. The van der Waals surface area contributed by atoms with Crippen molar-refractivity contribution in [3.63, 3.8) is 0 Å². The van der Waals surface area contributed by atoms with Gasteiger partial charge in [0.2, 0.25) is 0 Å². The Bertz CT molecular complexity index is 2580. The van der Waals surface area contributed by atoms with Crippen LogP contribution >= 0.6 is 0 Å². The molecule has 60 heavy (non-hydrogen) atoms. The molecule has 0 heterocycles. The zero-order valence-electron chi connectivity index (χ0n) is 35.6. The maximum absolute atomic E-state index is 15.6. The van der Waals surface area contributed by atoms with Gasteiger partial charge < -0.3 is 4.90 Å². The van der Waals surface area contributed by atoms with E-state index in [1.807, 2.05) is 6.07 Å². The maximum atomic E-state index is 15.6. The molecule has 6 aromatic carbocycles. The summed E-state index contributed by atoms with van der Waals surface area (Å²) < 4.78 is 15.6. The normalized spacial score (nSPS) is 30.0. The van der Waals surface area contributed by atoms with E-state index in [1.54, 1.807) is 17.2 Å². The Hall–Kier alpha value is -4.95. The monoisotopic (exact) mass is 787 g/mol. The van der Waals surface area contributed by atoms with Crippen molar-refractivity contribution in [2.45, 2.75) is 95.8 Å². The number of hydrogen-bond acceptors (Lipinski definition) is 1. The molecule has 0 radical (unpaired) electrons. The van der Waals surface area contributed by atoms with E-state index < -0.39 is 0 Å².